The molecule has 12 heavy (non-hydrogen) atoms. The summed E-state index contributed by atoms with van der Waals surface area (Å²) in [4.78, 5) is 3.94. The summed E-state index contributed by atoms with van der Waals surface area (Å²) in [6.07, 6.45) is 0.272. The van der Waals surface area contributed by atoms with Crippen LogP contribution in [-0.4, -0.2) is 33.1 Å². The van der Waals surface area contributed by atoms with Gasteiger partial charge in [0.15, 0.2) is 5.82 Å². The van der Waals surface area contributed by atoms with Gasteiger partial charge in [0, 0.05) is 6.42 Å². The normalized spacial score (nSPS) is 13.2. The summed E-state index contributed by atoms with van der Waals surface area (Å²) in [5, 5.41) is 21.1. The molecule has 68 valence electrons. The fourth-order valence-corrected chi connectivity index (χ4v) is 0.827. The Bertz CT molecular complexity index is 234. The van der Waals surface area contributed by atoms with Gasteiger partial charge in [-0.05, 0) is 6.92 Å². The fraction of sp³-hybridized carbons (Fsp3) is 0.714. The van der Waals surface area contributed by atoms with Gasteiger partial charge in [-0.2, -0.15) is 4.98 Å². The first kappa shape index (κ1) is 9.15. The molecule has 5 nitrogen and oxygen atoms in total. The minimum atomic E-state index is -0.479. The SMILES string of the molecule is CC(O)Cc1nc(CCO)no1. The predicted octanol–water partition coefficient (Wildman–Crippen LogP) is -0.472. The molecule has 0 fully saturated rings. The lowest BCUT2D eigenvalue weighted by Crippen LogP contribution is -2.04. The monoisotopic (exact) mass is 172 g/mol. The molecule has 0 saturated heterocycles. The molecule has 0 aliphatic carbocycles. The molecule has 1 aromatic rings. The molecular weight excluding hydrogens is 160 g/mol. The Hall–Kier alpha value is -0.940. The summed E-state index contributed by atoms with van der Waals surface area (Å²) in [7, 11) is 0. The zero-order valence-electron chi connectivity index (χ0n) is 6.90. The Kier molecular flexibility index (Phi) is 3.19. The first-order chi connectivity index (χ1) is 5.72. The number of rotatable bonds is 4. The minimum Gasteiger partial charge on any atom is -0.396 e. The maximum atomic E-state index is 8.97. The third-order valence-electron chi connectivity index (χ3n) is 1.32. The van der Waals surface area contributed by atoms with Gasteiger partial charge in [-0.1, -0.05) is 5.16 Å². The number of aliphatic hydroxyl groups excluding tert-OH is 2. The van der Waals surface area contributed by atoms with Gasteiger partial charge in [-0.15, -0.1) is 0 Å². The van der Waals surface area contributed by atoms with Gasteiger partial charge in [-0.25, -0.2) is 0 Å². The van der Waals surface area contributed by atoms with Gasteiger partial charge in [0.2, 0.25) is 5.89 Å². The van der Waals surface area contributed by atoms with Gasteiger partial charge in [0.25, 0.3) is 0 Å². The average Bonchev–Trinajstić information content (AvgIpc) is 2.36. The summed E-state index contributed by atoms with van der Waals surface area (Å²) in [5.74, 6) is 0.890. The number of nitrogens with zero attached hydrogens (tertiary/aromatic N) is 2. The van der Waals surface area contributed by atoms with Crippen molar-refractivity contribution in [3.63, 3.8) is 0 Å². The Balaban J connectivity index is 2.52. The number of aromatic nitrogens is 2. The molecule has 0 aliphatic rings. The van der Waals surface area contributed by atoms with E-state index in [9.17, 15) is 0 Å². The third kappa shape index (κ3) is 2.60. The van der Waals surface area contributed by atoms with E-state index in [1.54, 1.807) is 6.92 Å². The van der Waals surface area contributed by atoms with Crippen molar-refractivity contribution in [2.75, 3.05) is 6.61 Å². The molecule has 0 aliphatic heterocycles. The largest absolute Gasteiger partial charge is 0.396 e. The second-order valence-corrected chi connectivity index (χ2v) is 2.63. The second-order valence-electron chi connectivity index (χ2n) is 2.63. The first-order valence-electron chi connectivity index (χ1n) is 3.82. The highest BCUT2D eigenvalue weighted by atomic mass is 16.5. The third-order valence-corrected chi connectivity index (χ3v) is 1.32. The lowest BCUT2D eigenvalue weighted by molar-refractivity contribution is 0.181. The molecule has 5 heteroatoms. The molecule has 1 unspecified atom stereocenters. The highest BCUT2D eigenvalue weighted by Gasteiger charge is 2.07. The fourth-order valence-electron chi connectivity index (χ4n) is 0.827. The molecule has 1 aromatic heterocycles. The summed E-state index contributed by atoms with van der Waals surface area (Å²) < 4.78 is 4.80. The van der Waals surface area contributed by atoms with Crippen LogP contribution in [0, 0.1) is 0 Å². The van der Waals surface area contributed by atoms with E-state index in [4.69, 9.17) is 14.7 Å². The molecule has 1 atom stereocenters. The number of aliphatic hydroxyl groups is 2. The molecule has 0 amide bonds. The van der Waals surface area contributed by atoms with Crippen molar-refractivity contribution in [2.24, 2.45) is 0 Å². The van der Waals surface area contributed by atoms with Crippen LogP contribution in [0.5, 0.6) is 0 Å². The second kappa shape index (κ2) is 4.18. The van der Waals surface area contributed by atoms with E-state index in [1.165, 1.54) is 0 Å². The lowest BCUT2D eigenvalue weighted by atomic mass is 10.3. The van der Waals surface area contributed by atoms with Crippen LogP contribution in [0.2, 0.25) is 0 Å². The van der Waals surface area contributed by atoms with E-state index in [-0.39, 0.29) is 6.61 Å². The van der Waals surface area contributed by atoms with Gasteiger partial charge in [0.1, 0.15) is 0 Å². The van der Waals surface area contributed by atoms with Crippen LogP contribution in [0.3, 0.4) is 0 Å². The van der Waals surface area contributed by atoms with E-state index < -0.39 is 6.10 Å². The molecule has 0 aromatic carbocycles. The van der Waals surface area contributed by atoms with Gasteiger partial charge in [0.05, 0.1) is 19.1 Å². The highest BCUT2D eigenvalue weighted by Crippen LogP contribution is 2.01. The van der Waals surface area contributed by atoms with E-state index in [1.807, 2.05) is 0 Å². The zero-order valence-corrected chi connectivity index (χ0v) is 6.90. The number of hydrogen-bond acceptors (Lipinski definition) is 5. The van der Waals surface area contributed by atoms with Crippen molar-refractivity contribution in [1.82, 2.24) is 10.1 Å². The van der Waals surface area contributed by atoms with Gasteiger partial charge >= 0.3 is 0 Å². The molecule has 0 radical (unpaired) electrons. The van der Waals surface area contributed by atoms with Gasteiger partial charge in [-0.3, -0.25) is 0 Å². The van der Waals surface area contributed by atoms with Crippen molar-refractivity contribution in [3.05, 3.63) is 11.7 Å². The van der Waals surface area contributed by atoms with Crippen LogP contribution < -0.4 is 0 Å². The summed E-state index contributed by atoms with van der Waals surface area (Å²) in [6, 6.07) is 0. The highest BCUT2D eigenvalue weighted by molar-refractivity contribution is 4.87. The summed E-state index contributed by atoms with van der Waals surface area (Å²) in [5.41, 5.74) is 0. The Morgan fingerprint density at radius 2 is 2.33 bits per heavy atom. The van der Waals surface area contributed by atoms with E-state index >= 15 is 0 Å². The van der Waals surface area contributed by atoms with E-state index in [0.29, 0.717) is 24.6 Å². The molecule has 0 spiro atoms. The molecule has 1 heterocycles. The van der Waals surface area contributed by atoms with Crippen LogP contribution in [0.4, 0.5) is 0 Å². The predicted molar refractivity (Wildman–Crippen MR) is 40.5 cm³/mol. The van der Waals surface area contributed by atoms with Crippen LogP contribution >= 0.6 is 0 Å². The van der Waals surface area contributed by atoms with Crippen molar-refractivity contribution in [2.45, 2.75) is 25.9 Å². The Morgan fingerprint density at radius 1 is 1.58 bits per heavy atom. The van der Waals surface area contributed by atoms with Crippen LogP contribution in [0.1, 0.15) is 18.6 Å². The smallest absolute Gasteiger partial charge is 0.229 e. The van der Waals surface area contributed by atoms with Crippen molar-refractivity contribution in [3.8, 4) is 0 Å². The Morgan fingerprint density at radius 3 is 2.92 bits per heavy atom. The molecule has 0 bridgehead atoms. The first-order valence-corrected chi connectivity index (χ1v) is 3.82. The maximum Gasteiger partial charge on any atom is 0.229 e. The average molecular weight is 172 g/mol. The standard InChI is InChI=1S/C7H12N2O3/c1-5(11)4-7-8-6(2-3-10)9-12-7/h5,10-11H,2-4H2,1H3. The van der Waals surface area contributed by atoms with E-state index in [0.717, 1.165) is 0 Å². The van der Waals surface area contributed by atoms with Gasteiger partial charge < -0.3 is 14.7 Å². The van der Waals surface area contributed by atoms with Crippen molar-refractivity contribution >= 4 is 0 Å². The zero-order chi connectivity index (χ0) is 8.97. The summed E-state index contributed by atoms with van der Waals surface area (Å²) >= 11 is 0. The molecule has 0 saturated carbocycles. The minimum absolute atomic E-state index is 0.00759. The van der Waals surface area contributed by atoms with Crippen LogP contribution in [0.15, 0.2) is 4.52 Å². The summed E-state index contributed by atoms with van der Waals surface area (Å²) in [6.45, 7) is 1.66. The molecule has 1 rings (SSSR count). The van der Waals surface area contributed by atoms with Crippen LogP contribution in [0.25, 0.3) is 0 Å². The Labute approximate surface area is 70.0 Å². The molecule has 2 N–H and O–H groups in total. The molecular formula is C7H12N2O3. The van der Waals surface area contributed by atoms with Crippen LogP contribution in [-0.2, 0) is 12.8 Å². The van der Waals surface area contributed by atoms with Crippen molar-refractivity contribution in [1.29, 1.82) is 0 Å². The maximum absolute atomic E-state index is 8.97. The number of hydrogen-bond donors (Lipinski definition) is 2. The van der Waals surface area contributed by atoms with Crippen molar-refractivity contribution < 1.29 is 14.7 Å². The van der Waals surface area contributed by atoms with E-state index in [2.05, 4.69) is 10.1 Å². The topological polar surface area (TPSA) is 79.4 Å². The lowest BCUT2D eigenvalue weighted by Gasteiger charge is -1.95. The quantitative estimate of drug-likeness (QED) is 0.641.